The predicted molar refractivity (Wildman–Crippen MR) is 100 cm³/mol. The molecule has 1 aliphatic carbocycles. The van der Waals surface area contributed by atoms with E-state index in [1.54, 1.807) is 0 Å². The minimum absolute atomic E-state index is 0.0251. The van der Waals surface area contributed by atoms with Gasteiger partial charge in [0.1, 0.15) is 5.83 Å². The number of carboxylic acid groups (broad SMARTS) is 1. The smallest absolute Gasteiger partial charge is 0.312 e. The van der Waals surface area contributed by atoms with Crippen molar-refractivity contribution < 1.29 is 19.1 Å². The van der Waals surface area contributed by atoms with Crippen molar-refractivity contribution in [3.05, 3.63) is 60.0 Å². The molecule has 5 nitrogen and oxygen atoms in total. The van der Waals surface area contributed by atoms with E-state index in [1.807, 2.05) is 36.4 Å². The van der Waals surface area contributed by atoms with Gasteiger partial charge in [0.25, 0.3) is 0 Å². The summed E-state index contributed by atoms with van der Waals surface area (Å²) in [4.78, 5) is 19.3. The molecule has 1 aromatic carbocycles. The van der Waals surface area contributed by atoms with Gasteiger partial charge in [-0.2, -0.15) is 0 Å². The van der Waals surface area contributed by atoms with Crippen LogP contribution in [0, 0.1) is 11.8 Å². The Balaban J connectivity index is 1.35. The van der Waals surface area contributed by atoms with Crippen LogP contribution in [0.25, 0.3) is 0 Å². The second kappa shape index (κ2) is 7.64. The van der Waals surface area contributed by atoms with Crippen LogP contribution in [0.3, 0.4) is 0 Å². The lowest BCUT2D eigenvalue weighted by Gasteiger charge is -2.34. The van der Waals surface area contributed by atoms with Gasteiger partial charge in [0.05, 0.1) is 17.5 Å². The fourth-order valence-electron chi connectivity index (χ4n) is 4.19. The summed E-state index contributed by atoms with van der Waals surface area (Å²) < 4.78 is 13.4. The summed E-state index contributed by atoms with van der Waals surface area (Å²) in [6, 6.07) is 9.39. The van der Waals surface area contributed by atoms with Crippen LogP contribution < -0.4 is 0 Å². The highest BCUT2D eigenvalue weighted by atomic mass is 19.1. The average Bonchev–Trinajstić information content (AvgIpc) is 3.10. The van der Waals surface area contributed by atoms with E-state index in [2.05, 4.69) is 10.1 Å². The number of rotatable bonds is 5. The maximum Gasteiger partial charge on any atom is 0.312 e. The minimum Gasteiger partial charge on any atom is -0.481 e. The molecule has 3 aliphatic rings. The van der Waals surface area contributed by atoms with Gasteiger partial charge >= 0.3 is 5.97 Å². The van der Waals surface area contributed by atoms with Crippen molar-refractivity contribution in [2.24, 2.45) is 17.0 Å². The molecule has 0 spiro atoms. The number of carbonyl (C=O) groups is 1. The van der Waals surface area contributed by atoms with Gasteiger partial charge in [0.2, 0.25) is 0 Å². The molecule has 2 aliphatic heterocycles. The zero-order chi connectivity index (χ0) is 18.8. The Bertz CT molecular complexity index is 782. The zero-order valence-corrected chi connectivity index (χ0v) is 15.0. The lowest BCUT2D eigenvalue weighted by atomic mass is 9.81. The first-order chi connectivity index (χ1) is 13.1. The summed E-state index contributed by atoms with van der Waals surface area (Å²) in [6.07, 6.45) is 6.30. The molecule has 0 amide bonds. The average molecular weight is 370 g/mol. The highest BCUT2D eigenvalue weighted by molar-refractivity contribution is 5.92. The number of nitrogens with zero attached hydrogens (tertiary/aromatic N) is 2. The largest absolute Gasteiger partial charge is 0.481 e. The Kier molecular flexibility index (Phi) is 5.07. The molecule has 0 saturated carbocycles. The van der Waals surface area contributed by atoms with E-state index >= 15 is 0 Å². The van der Waals surface area contributed by atoms with Gasteiger partial charge in [0.15, 0.2) is 6.10 Å². The number of benzene rings is 1. The van der Waals surface area contributed by atoms with Gasteiger partial charge in [-0.1, -0.05) is 41.6 Å². The van der Waals surface area contributed by atoms with Crippen LogP contribution in [0.4, 0.5) is 4.39 Å². The van der Waals surface area contributed by atoms with E-state index in [0.29, 0.717) is 12.5 Å². The number of halogens is 1. The molecular formula is C21H23FN2O3. The van der Waals surface area contributed by atoms with Crippen LogP contribution in [0.5, 0.6) is 0 Å². The molecule has 3 atom stereocenters. The quantitative estimate of drug-likeness (QED) is 0.863. The summed E-state index contributed by atoms with van der Waals surface area (Å²) in [7, 11) is 0. The Morgan fingerprint density at radius 2 is 2.04 bits per heavy atom. The zero-order valence-electron chi connectivity index (χ0n) is 15.0. The predicted octanol–water partition coefficient (Wildman–Crippen LogP) is 3.36. The van der Waals surface area contributed by atoms with E-state index < -0.39 is 11.9 Å². The van der Waals surface area contributed by atoms with Crippen molar-refractivity contribution in [3.8, 4) is 0 Å². The third-order valence-corrected chi connectivity index (χ3v) is 5.71. The second-order valence-electron chi connectivity index (χ2n) is 7.40. The number of allylic oxidation sites excluding steroid dienone is 2. The number of hydrogen-bond acceptors (Lipinski definition) is 4. The van der Waals surface area contributed by atoms with E-state index in [9.17, 15) is 14.3 Å². The lowest BCUT2D eigenvalue weighted by Crippen LogP contribution is -2.41. The molecule has 1 fully saturated rings. The van der Waals surface area contributed by atoms with Crippen molar-refractivity contribution in [2.45, 2.75) is 24.9 Å². The molecule has 0 bridgehead atoms. The van der Waals surface area contributed by atoms with Crippen LogP contribution in [-0.4, -0.2) is 47.4 Å². The van der Waals surface area contributed by atoms with Crippen molar-refractivity contribution in [3.63, 3.8) is 0 Å². The first kappa shape index (κ1) is 17.9. The molecule has 1 N–H and O–H groups in total. The molecule has 0 aromatic heterocycles. The number of hydrogen-bond donors (Lipinski definition) is 1. The van der Waals surface area contributed by atoms with Crippen molar-refractivity contribution in [1.29, 1.82) is 0 Å². The Morgan fingerprint density at radius 1 is 1.30 bits per heavy atom. The summed E-state index contributed by atoms with van der Waals surface area (Å²) in [5.41, 5.74) is 1.84. The molecule has 0 radical (unpaired) electrons. The maximum atomic E-state index is 13.4. The van der Waals surface area contributed by atoms with Crippen LogP contribution in [0.2, 0.25) is 0 Å². The molecule has 3 unspecified atom stereocenters. The van der Waals surface area contributed by atoms with Crippen molar-refractivity contribution in [1.82, 2.24) is 4.90 Å². The number of oxime groups is 1. The van der Waals surface area contributed by atoms with Gasteiger partial charge in [-0.15, -0.1) is 0 Å². The SMILES string of the molecule is O=C(O)C(CN1CCC(C2=NOC3C=C(F)C=CC23)CC1)c1ccccc1. The number of carboxylic acids is 1. The number of likely N-dealkylation sites (tertiary alicyclic amines) is 1. The highest BCUT2D eigenvalue weighted by Gasteiger charge is 2.38. The third-order valence-electron chi connectivity index (χ3n) is 5.71. The van der Waals surface area contributed by atoms with E-state index in [1.165, 1.54) is 12.2 Å². The van der Waals surface area contributed by atoms with Crippen molar-refractivity contribution in [2.75, 3.05) is 19.6 Å². The molecule has 2 heterocycles. The maximum absolute atomic E-state index is 13.4. The molecule has 1 aromatic rings. The molecule has 4 rings (SSSR count). The van der Waals surface area contributed by atoms with Crippen LogP contribution >= 0.6 is 0 Å². The normalized spacial score (nSPS) is 26.7. The molecule has 142 valence electrons. The first-order valence-electron chi connectivity index (χ1n) is 9.41. The van der Waals surface area contributed by atoms with E-state index in [0.717, 1.165) is 37.2 Å². The Morgan fingerprint density at radius 3 is 2.74 bits per heavy atom. The van der Waals surface area contributed by atoms with Gasteiger partial charge < -0.3 is 14.8 Å². The fourth-order valence-corrected chi connectivity index (χ4v) is 4.19. The van der Waals surface area contributed by atoms with E-state index in [-0.39, 0.29) is 17.8 Å². The van der Waals surface area contributed by atoms with Gasteiger partial charge in [-0.05, 0) is 43.6 Å². The monoisotopic (exact) mass is 370 g/mol. The third kappa shape index (κ3) is 3.81. The molecule has 27 heavy (non-hydrogen) atoms. The van der Waals surface area contributed by atoms with Crippen LogP contribution in [0.1, 0.15) is 24.3 Å². The topological polar surface area (TPSA) is 62.1 Å². The molecule has 6 heteroatoms. The fraction of sp³-hybridized carbons (Fsp3) is 0.429. The van der Waals surface area contributed by atoms with Crippen molar-refractivity contribution >= 4 is 11.7 Å². The minimum atomic E-state index is -0.791. The van der Waals surface area contributed by atoms with Crippen LogP contribution in [0.15, 0.2) is 59.5 Å². The highest BCUT2D eigenvalue weighted by Crippen LogP contribution is 2.34. The molecule has 1 saturated heterocycles. The number of piperidine rings is 1. The Labute approximate surface area is 157 Å². The second-order valence-corrected chi connectivity index (χ2v) is 7.40. The summed E-state index contributed by atoms with van der Waals surface area (Å²) >= 11 is 0. The van der Waals surface area contributed by atoms with Gasteiger partial charge in [-0.3, -0.25) is 4.79 Å². The molecular weight excluding hydrogens is 347 g/mol. The summed E-state index contributed by atoms with van der Waals surface area (Å²) in [5.74, 6) is -1.26. The van der Waals surface area contributed by atoms with Gasteiger partial charge in [0, 0.05) is 12.5 Å². The Hall–Kier alpha value is -2.47. The number of aliphatic carboxylic acids is 1. The number of fused-ring (bicyclic) bond motifs is 1. The summed E-state index contributed by atoms with van der Waals surface area (Å²) in [5, 5.41) is 13.9. The standard InChI is InChI=1S/C21H23FN2O3/c22-16-6-7-17-19(12-16)27-23-20(17)15-8-10-24(11-9-15)13-18(21(25)26)14-4-2-1-3-5-14/h1-7,12,15,17-19H,8-11,13H2,(H,25,26). The summed E-state index contributed by atoms with van der Waals surface area (Å²) in [6.45, 7) is 2.16. The van der Waals surface area contributed by atoms with Crippen LogP contribution in [-0.2, 0) is 9.63 Å². The van der Waals surface area contributed by atoms with Gasteiger partial charge in [-0.25, -0.2) is 4.39 Å². The van der Waals surface area contributed by atoms with E-state index in [4.69, 9.17) is 4.84 Å². The first-order valence-corrected chi connectivity index (χ1v) is 9.41. The lowest BCUT2D eigenvalue weighted by molar-refractivity contribution is -0.139.